The molecular formula is C21H27ClN2O3. The van der Waals surface area contributed by atoms with Crippen LogP contribution in [0.1, 0.15) is 18.4 Å². The second-order valence-electron chi connectivity index (χ2n) is 6.72. The summed E-state index contributed by atoms with van der Waals surface area (Å²) >= 11 is 0. The lowest BCUT2D eigenvalue weighted by atomic mass is 9.78. The maximum absolute atomic E-state index is 12.8. The summed E-state index contributed by atoms with van der Waals surface area (Å²) in [7, 11) is 1.65. The highest BCUT2D eigenvalue weighted by atomic mass is 35.5. The molecule has 0 atom stereocenters. The van der Waals surface area contributed by atoms with Crippen molar-refractivity contribution in [2.24, 2.45) is 5.41 Å². The first-order chi connectivity index (χ1) is 12.7. The van der Waals surface area contributed by atoms with E-state index in [1.165, 1.54) is 0 Å². The number of amides is 1. The van der Waals surface area contributed by atoms with Crippen LogP contribution >= 0.6 is 12.4 Å². The van der Waals surface area contributed by atoms with Gasteiger partial charge in [0.2, 0.25) is 5.91 Å². The second kappa shape index (κ2) is 10.3. The van der Waals surface area contributed by atoms with Gasteiger partial charge in [0.05, 0.1) is 12.0 Å². The number of carbonyl (C=O) groups excluding carboxylic acids is 1. The number of ether oxygens (including phenoxy) is 2. The minimum Gasteiger partial charge on any atom is -0.489 e. The third-order valence-corrected chi connectivity index (χ3v) is 4.82. The molecule has 2 aromatic rings. The summed E-state index contributed by atoms with van der Waals surface area (Å²) in [6.07, 6.45) is 1.57. The molecule has 0 aliphatic carbocycles. The fourth-order valence-corrected chi connectivity index (χ4v) is 3.26. The van der Waals surface area contributed by atoms with Crippen molar-refractivity contribution in [3.05, 3.63) is 60.2 Å². The number of nitrogens with one attached hydrogen (secondary N) is 2. The number of benzene rings is 2. The Hall–Kier alpha value is -2.08. The molecule has 6 heteroatoms. The van der Waals surface area contributed by atoms with Crippen LogP contribution in [0.2, 0.25) is 0 Å². The molecule has 1 aliphatic rings. The monoisotopic (exact) mass is 390 g/mol. The van der Waals surface area contributed by atoms with E-state index in [-0.39, 0.29) is 18.3 Å². The number of methoxy groups -OCH3 is 1. The second-order valence-corrected chi connectivity index (χ2v) is 6.72. The highest BCUT2D eigenvalue weighted by Crippen LogP contribution is 2.31. The zero-order valence-electron chi connectivity index (χ0n) is 15.6. The van der Waals surface area contributed by atoms with Gasteiger partial charge in [-0.05, 0) is 55.8 Å². The van der Waals surface area contributed by atoms with Crippen molar-refractivity contribution < 1.29 is 14.3 Å². The van der Waals surface area contributed by atoms with Crippen LogP contribution in [0.4, 0.5) is 5.69 Å². The van der Waals surface area contributed by atoms with Gasteiger partial charge in [-0.3, -0.25) is 4.79 Å². The molecular weight excluding hydrogens is 364 g/mol. The van der Waals surface area contributed by atoms with Gasteiger partial charge in [-0.1, -0.05) is 30.3 Å². The Morgan fingerprint density at radius 3 is 2.37 bits per heavy atom. The van der Waals surface area contributed by atoms with Gasteiger partial charge in [-0.15, -0.1) is 12.4 Å². The number of hydrogen-bond acceptors (Lipinski definition) is 4. The van der Waals surface area contributed by atoms with Gasteiger partial charge in [0, 0.05) is 12.8 Å². The van der Waals surface area contributed by atoms with Crippen molar-refractivity contribution in [3.63, 3.8) is 0 Å². The molecule has 2 N–H and O–H groups in total. The van der Waals surface area contributed by atoms with Crippen LogP contribution in [0.15, 0.2) is 54.6 Å². The van der Waals surface area contributed by atoms with Crippen LogP contribution in [0.5, 0.6) is 5.75 Å². The summed E-state index contributed by atoms with van der Waals surface area (Å²) < 4.78 is 11.1. The van der Waals surface area contributed by atoms with Gasteiger partial charge in [0.25, 0.3) is 0 Å². The molecule has 1 saturated heterocycles. The number of rotatable bonds is 7. The molecule has 1 amide bonds. The fourth-order valence-electron chi connectivity index (χ4n) is 3.26. The predicted octanol–water partition coefficient (Wildman–Crippen LogP) is 3.64. The first-order valence-electron chi connectivity index (χ1n) is 9.00. The molecule has 5 nitrogen and oxygen atoms in total. The van der Waals surface area contributed by atoms with E-state index in [1.807, 2.05) is 54.6 Å². The highest BCUT2D eigenvalue weighted by molar-refractivity contribution is 5.95. The Balaban J connectivity index is 0.00000261. The average Bonchev–Trinajstić information content (AvgIpc) is 2.69. The number of halogens is 1. The Morgan fingerprint density at radius 2 is 1.74 bits per heavy atom. The van der Waals surface area contributed by atoms with E-state index in [2.05, 4.69) is 10.6 Å². The summed E-state index contributed by atoms with van der Waals surface area (Å²) in [6, 6.07) is 17.5. The number of anilines is 1. The van der Waals surface area contributed by atoms with Gasteiger partial charge >= 0.3 is 0 Å². The maximum atomic E-state index is 12.8. The SMILES string of the molecule is COCC1(C(=O)Nc2ccc(OCc3ccccc3)cc2)CCNCC1.Cl. The molecule has 0 saturated carbocycles. The summed E-state index contributed by atoms with van der Waals surface area (Å²) in [6.45, 7) is 2.64. The zero-order chi connectivity index (χ0) is 18.2. The first kappa shape index (κ1) is 21.2. The Morgan fingerprint density at radius 1 is 1.07 bits per heavy atom. The fraction of sp³-hybridized carbons (Fsp3) is 0.381. The molecule has 27 heavy (non-hydrogen) atoms. The van der Waals surface area contributed by atoms with E-state index >= 15 is 0 Å². The molecule has 146 valence electrons. The van der Waals surface area contributed by atoms with Crippen molar-refractivity contribution in [3.8, 4) is 5.75 Å². The van der Waals surface area contributed by atoms with Crippen LogP contribution in [-0.4, -0.2) is 32.7 Å². The third-order valence-electron chi connectivity index (χ3n) is 4.82. The van der Waals surface area contributed by atoms with Gasteiger partial charge in [0.1, 0.15) is 12.4 Å². The van der Waals surface area contributed by atoms with E-state index in [9.17, 15) is 4.79 Å². The lowest BCUT2D eigenvalue weighted by Crippen LogP contribution is -2.47. The largest absolute Gasteiger partial charge is 0.489 e. The Kier molecular flexibility index (Phi) is 8.10. The summed E-state index contributed by atoms with van der Waals surface area (Å²) in [4.78, 5) is 12.8. The van der Waals surface area contributed by atoms with Crippen LogP contribution in [0.25, 0.3) is 0 Å². The van der Waals surface area contributed by atoms with Crippen molar-refractivity contribution >= 4 is 24.0 Å². The molecule has 3 rings (SSSR count). The molecule has 0 radical (unpaired) electrons. The Labute approximate surface area is 166 Å². The van der Waals surface area contributed by atoms with E-state index in [0.29, 0.717) is 13.2 Å². The highest BCUT2D eigenvalue weighted by Gasteiger charge is 2.39. The van der Waals surface area contributed by atoms with E-state index < -0.39 is 5.41 Å². The zero-order valence-corrected chi connectivity index (χ0v) is 16.4. The van der Waals surface area contributed by atoms with E-state index in [4.69, 9.17) is 9.47 Å². The van der Waals surface area contributed by atoms with Crippen LogP contribution < -0.4 is 15.4 Å². The quantitative estimate of drug-likeness (QED) is 0.757. The average molecular weight is 391 g/mol. The van der Waals surface area contributed by atoms with Crippen molar-refractivity contribution in [2.75, 3.05) is 32.1 Å². The lowest BCUT2D eigenvalue weighted by Gasteiger charge is -2.35. The summed E-state index contributed by atoms with van der Waals surface area (Å²) in [5.74, 6) is 0.805. The first-order valence-corrected chi connectivity index (χ1v) is 9.00. The maximum Gasteiger partial charge on any atom is 0.233 e. The van der Waals surface area contributed by atoms with Gasteiger partial charge < -0.3 is 20.1 Å². The van der Waals surface area contributed by atoms with Crippen LogP contribution in [0.3, 0.4) is 0 Å². The third kappa shape index (κ3) is 5.70. The smallest absolute Gasteiger partial charge is 0.233 e. The molecule has 0 spiro atoms. The Bertz CT molecular complexity index is 696. The molecule has 0 aromatic heterocycles. The normalized spacial score (nSPS) is 15.4. The topological polar surface area (TPSA) is 59.6 Å². The van der Waals surface area contributed by atoms with E-state index in [1.54, 1.807) is 7.11 Å². The molecule has 1 aliphatic heterocycles. The summed E-state index contributed by atoms with van der Waals surface area (Å²) in [5, 5.41) is 6.34. The number of piperidine rings is 1. The van der Waals surface area contributed by atoms with Gasteiger partial charge in [-0.25, -0.2) is 0 Å². The van der Waals surface area contributed by atoms with Gasteiger partial charge in [0.15, 0.2) is 0 Å². The number of carbonyl (C=O) groups is 1. The van der Waals surface area contributed by atoms with Crippen molar-refractivity contribution in [1.82, 2.24) is 5.32 Å². The number of hydrogen-bond donors (Lipinski definition) is 2. The van der Waals surface area contributed by atoms with E-state index in [0.717, 1.165) is 42.9 Å². The lowest BCUT2D eigenvalue weighted by molar-refractivity contribution is -0.130. The standard InChI is InChI=1S/C21H26N2O3.ClH/c1-25-16-21(11-13-22-14-12-21)20(24)23-18-7-9-19(10-8-18)26-15-17-5-3-2-4-6-17;/h2-10,22H,11-16H2,1H3,(H,23,24);1H. The van der Waals surface area contributed by atoms with Gasteiger partial charge in [-0.2, -0.15) is 0 Å². The minimum atomic E-state index is -0.456. The molecule has 0 unspecified atom stereocenters. The predicted molar refractivity (Wildman–Crippen MR) is 110 cm³/mol. The van der Waals surface area contributed by atoms with Crippen LogP contribution in [0, 0.1) is 5.41 Å². The van der Waals surface area contributed by atoms with Crippen LogP contribution in [-0.2, 0) is 16.1 Å². The van der Waals surface area contributed by atoms with Crippen molar-refractivity contribution in [1.29, 1.82) is 0 Å². The summed E-state index contributed by atoms with van der Waals surface area (Å²) in [5.41, 5.74) is 1.44. The molecule has 0 bridgehead atoms. The molecule has 1 heterocycles. The van der Waals surface area contributed by atoms with Crippen molar-refractivity contribution in [2.45, 2.75) is 19.4 Å². The molecule has 1 fully saturated rings. The molecule has 2 aromatic carbocycles. The minimum absolute atomic E-state index is 0.